The number of hydrogen-bond donors (Lipinski definition) is 2. The smallest absolute Gasteiger partial charge is 0.0592 e. The van der Waals surface area contributed by atoms with E-state index in [1.165, 1.54) is 0 Å². The average Bonchev–Trinajstić information content (AvgIpc) is 2.09. The summed E-state index contributed by atoms with van der Waals surface area (Å²) in [4.78, 5) is 0. The molecule has 0 aromatic heterocycles. The molecule has 3 heteroatoms. The molecule has 0 heterocycles. The maximum Gasteiger partial charge on any atom is 0.0592 e. The summed E-state index contributed by atoms with van der Waals surface area (Å²) in [7, 11) is 0. The van der Waals surface area contributed by atoms with Crippen LogP contribution in [0.2, 0.25) is 0 Å². The van der Waals surface area contributed by atoms with Gasteiger partial charge in [0.15, 0.2) is 0 Å². The van der Waals surface area contributed by atoms with E-state index in [1.54, 1.807) is 0 Å². The van der Waals surface area contributed by atoms with Crippen LogP contribution in [0.15, 0.2) is 28.7 Å². The Bertz CT molecular complexity index is 248. The standard InChI is InChI=1S/C10H14BrNO/c11-9-3-1-8(2-4-9)7-10(13)5-6-12/h1-4,10,13H,5-7,12H2. The van der Waals surface area contributed by atoms with E-state index >= 15 is 0 Å². The van der Waals surface area contributed by atoms with Gasteiger partial charge in [0.05, 0.1) is 6.10 Å². The van der Waals surface area contributed by atoms with Gasteiger partial charge >= 0.3 is 0 Å². The van der Waals surface area contributed by atoms with E-state index in [9.17, 15) is 5.11 Å². The van der Waals surface area contributed by atoms with Crippen molar-refractivity contribution in [2.24, 2.45) is 5.73 Å². The summed E-state index contributed by atoms with van der Waals surface area (Å²) >= 11 is 3.36. The summed E-state index contributed by atoms with van der Waals surface area (Å²) in [6.07, 6.45) is 1.03. The molecule has 13 heavy (non-hydrogen) atoms. The highest BCUT2D eigenvalue weighted by atomic mass is 79.9. The SMILES string of the molecule is NCCC(O)Cc1ccc(Br)cc1. The Balaban J connectivity index is 2.49. The first-order chi connectivity index (χ1) is 6.22. The van der Waals surface area contributed by atoms with Crippen LogP contribution in [0.1, 0.15) is 12.0 Å². The number of nitrogens with two attached hydrogens (primary N) is 1. The van der Waals surface area contributed by atoms with E-state index in [1.807, 2.05) is 24.3 Å². The molecule has 0 bridgehead atoms. The second-order valence-electron chi connectivity index (χ2n) is 3.06. The number of benzene rings is 1. The van der Waals surface area contributed by atoms with Crippen molar-refractivity contribution in [2.75, 3.05) is 6.54 Å². The molecule has 1 aromatic rings. The van der Waals surface area contributed by atoms with Crippen LogP contribution >= 0.6 is 15.9 Å². The highest BCUT2D eigenvalue weighted by Gasteiger charge is 2.03. The monoisotopic (exact) mass is 243 g/mol. The summed E-state index contributed by atoms with van der Waals surface area (Å²) in [5.41, 5.74) is 6.48. The zero-order chi connectivity index (χ0) is 9.68. The normalized spacial score (nSPS) is 12.8. The van der Waals surface area contributed by atoms with Crippen LogP contribution < -0.4 is 5.73 Å². The molecule has 0 spiro atoms. The molecule has 0 radical (unpaired) electrons. The third-order valence-electron chi connectivity index (χ3n) is 1.88. The molecule has 0 amide bonds. The first-order valence-electron chi connectivity index (χ1n) is 4.35. The van der Waals surface area contributed by atoms with Gasteiger partial charge in [-0.25, -0.2) is 0 Å². The van der Waals surface area contributed by atoms with Crippen LogP contribution in [0.25, 0.3) is 0 Å². The van der Waals surface area contributed by atoms with Crippen LogP contribution in [0.4, 0.5) is 0 Å². The lowest BCUT2D eigenvalue weighted by molar-refractivity contribution is 0.167. The van der Waals surface area contributed by atoms with Crippen molar-refractivity contribution in [3.05, 3.63) is 34.3 Å². The van der Waals surface area contributed by atoms with Gasteiger partial charge in [0.2, 0.25) is 0 Å². The molecule has 0 aliphatic heterocycles. The Hall–Kier alpha value is -0.380. The van der Waals surface area contributed by atoms with E-state index < -0.39 is 0 Å². The molecule has 1 aromatic carbocycles. The Kier molecular flexibility index (Phi) is 4.42. The van der Waals surface area contributed by atoms with Gasteiger partial charge in [0.25, 0.3) is 0 Å². The third kappa shape index (κ3) is 3.89. The average molecular weight is 244 g/mol. The van der Waals surface area contributed by atoms with Gasteiger partial charge in [-0.3, -0.25) is 0 Å². The van der Waals surface area contributed by atoms with Crippen molar-refractivity contribution >= 4 is 15.9 Å². The zero-order valence-electron chi connectivity index (χ0n) is 7.41. The Morgan fingerprint density at radius 1 is 1.31 bits per heavy atom. The predicted molar refractivity (Wildman–Crippen MR) is 57.5 cm³/mol. The van der Waals surface area contributed by atoms with Gasteiger partial charge in [-0.15, -0.1) is 0 Å². The molecule has 1 rings (SSSR count). The lowest BCUT2D eigenvalue weighted by atomic mass is 10.1. The molecule has 3 N–H and O–H groups in total. The lowest BCUT2D eigenvalue weighted by Gasteiger charge is -2.08. The van der Waals surface area contributed by atoms with Crippen LogP contribution in [-0.2, 0) is 6.42 Å². The summed E-state index contributed by atoms with van der Waals surface area (Å²) in [6, 6.07) is 7.96. The number of halogens is 1. The molecule has 0 saturated carbocycles. The Morgan fingerprint density at radius 3 is 2.46 bits per heavy atom. The van der Waals surface area contributed by atoms with Gasteiger partial charge < -0.3 is 10.8 Å². The summed E-state index contributed by atoms with van der Waals surface area (Å²) < 4.78 is 1.06. The molecule has 72 valence electrons. The fourth-order valence-corrected chi connectivity index (χ4v) is 1.45. The van der Waals surface area contributed by atoms with Gasteiger partial charge in [0, 0.05) is 4.47 Å². The number of aliphatic hydroxyl groups is 1. The molecule has 0 aliphatic carbocycles. The highest BCUT2D eigenvalue weighted by molar-refractivity contribution is 9.10. The fourth-order valence-electron chi connectivity index (χ4n) is 1.19. The van der Waals surface area contributed by atoms with Crippen LogP contribution in [-0.4, -0.2) is 17.8 Å². The highest BCUT2D eigenvalue weighted by Crippen LogP contribution is 2.12. The second kappa shape index (κ2) is 5.37. The predicted octanol–water partition coefficient (Wildman–Crippen LogP) is 1.70. The maximum absolute atomic E-state index is 9.48. The first-order valence-corrected chi connectivity index (χ1v) is 5.14. The molecular formula is C10H14BrNO. The Labute approximate surface area is 86.9 Å². The van der Waals surface area contributed by atoms with Gasteiger partial charge in [-0.2, -0.15) is 0 Å². The zero-order valence-corrected chi connectivity index (χ0v) is 9.00. The summed E-state index contributed by atoms with van der Waals surface area (Å²) in [5.74, 6) is 0. The van der Waals surface area contributed by atoms with Crippen molar-refractivity contribution in [3.8, 4) is 0 Å². The van der Waals surface area contributed by atoms with Crippen molar-refractivity contribution in [2.45, 2.75) is 18.9 Å². The molecule has 0 aliphatic rings. The summed E-state index contributed by atoms with van der Waals surface area (Å²) in [6.45, 7) is 0.539. The van der Waals surface area contributed by atoms with Crippen molar-refractivity contribution in [1.29, 1.82) is 0 Å². The first kappa shape index (κ1) is 10.7. The molecule has 1 unspecified atom stereocenters. The number of rotatable bonds is 4. The molecular weight excluding hydrogens is 230 g/mol. The van der Waals surface area contributed by atoms with Crippen molar-refractivity contribution < 1.29 is 5.11 Å². The second-order valence-corrected chi connectivity index (χ2v) is 3.98. The molecule has 2 nitrogen and oxygen atoms in total. The summed E-state index contributed by atoms with van der Waals surface area (Å²) in [5, 5.41) is 9.48. The molecule has 0 saturated heterocycles. The maximum atomic E-state index is 9.48. The fraction of sp³-hybridized carbons (Fsp3) is 0.400. The number of hydrogen-bond acceptors (Lipinski definition) is 2. The molecule has 0 fully saturated rings. The minimum Gasteiger partial charge on any atom is -0.393 e. The van der Waals surface area contributed by atoms with E-state index in [0.717, 1.165) is 10.0 Å². The van der Waals surface area contributed by atoms with E-state index in [2.05, 4.69) is 15.9 Å². The topological polar surface area (TPSA) is 46.2 Å². The largest absolute Gasteiger partial charge is 0.393 e. The van der Waals surface area contributed by atoms with Crippen LogP contribution in [0.3, 0.4) is 0 Å². The van der Waals surface area contributed by atoms with E-state index in [0.29, 0.717) is 19.4 Å². The molecule has 1 atom stereocenters. The minimum absolute atomic E-state index is 0.314. The van der Waals surface area contributed by atoms with Crippen molar-refractivity contribution in [1.82, 2.24) is 0 Å². The number of aliphatic hydroxyl groups excluding tert-OH is 1. The van der Waals surface area contributed by atoms with Crippen LogP contribution in [0, 0.1) is 0 Å². The van der Waals surface area contributed by atoms with E-state index in [-0.39, 0.29) is 6.10 Å². The Morgan fingerprint density at radius 2 is 1.92 bits per heavy atom. The minimum atomic E-state index is -0.314. The third-order valence-corrected chi connectivity index (χ3v) is 2.41. The van der Waals surface area contributed by atoms with Gasteiger partial charge in [-0.1, -0.05) is 28.1 Å². The quantitative estimate of drug-likeness (QED) is 0.846. The van der Waals surface area contributed by atoms with E-state index in [4.69, 9.17) is 5.73 Å². The van der Waals surface area contributed by atoms with Gasteiger partial charge in [0.1, 0.15) is 0 Å². The van der Waals surface area contributed by atoms with Crippen LogP contribution in [0.5, 0.6) is 0 Å². The van der Waals surface area contributed by atoms with Gasteiger partial charge in [-0.05, 0) is 37.1 Å². The lowest BCUT2D eigenvalue weighted by Crippen LogP contribution is -2.15. The van der Waals surface area contributed by atoms with Crippen molar-refractivity contribution in [3.63, 3.8) is 0 Å².